The smallest absolute Gasteiger partial charge is 0.123 e. The van der Waals surface area contributed by atoms with Gasteiger partial charge in [-0.25, -0.2) is 4.39 Å². The quantitative estimate of drug-likeness (QED) is 0.744. The molecule has 0 amide bonds. The summed E-state index contributed by atoms with van der Waals surface area (Å²) in [5, 5.41) is 0. The molecule has 0 saturated carbocycles. The lowest BCUT2D eigenvalue weighted by Crippen LogP contribution is -2.08. The van der Waals surface area contributed by atoms with E-state index in [0.717, 1.165) is 43.5 Å². The van der Waals surface area contributed by atoms with Crippen LogP contribution in [-0.2, 0) is 16.0 Å². The maximum atomic E-state index is 12.6. The van der Waals surface area contributed by atoms with Gasteiger partial charge in [0.1, 0.15) is 17.9 Å². The maximum Gasteiger partial charge on any atom is 0.123 e. The zero-order valence-electron chi connectivity index (χ0n) is 14.8. The summed E-state index contributed by atoms with van der Waals surface area (Å²) in [6.07, 6.45) is 3.87. The zero-order chi connectivity index (χ0) is 17.4. The third-order valence-electron chi connectivity index (χ3n) is 2.75. The average Bonchev–Trinajstić information content (AvgIpc) is 2.57. The Balaban J connectivity index is 0. The second kappa shape index (κ2) is 16.0. The molecule has 0 N–H and O–H groups in total. The second-order valence-electron chi connectivity index (χ2n) is 4.63. The molecule has 1 aromatic carbocycles. The Morgan fingerprint density at radius 1 is 1.36 bits per heavy atom. The molecule has 0 aromatic heterocycles. The molecular weight excluding hydrogens is 283 g/mol. The highest BCUT2D eigenvalue weighted by Crippen LogP contribution is 2.24. The summed E-state index contributed by atoms with van der Waals surface area (Å²) in [5.41, 5.74) is 0.997. The number of carbonyl (C=O) groups is 1. The summed E-state index contributed by atoms with van der Waals surface area (Å²) >= 11 is 0. The number of ether oxygens (including phenoxy) is 2. The van der Waals surface area contributed by atoms with E-state index in [1.54, 1.807) is 26.4 Å². The molecule has 4 heteroatoms. The Morgan fingerprint density at radius 3 is 2.41 bits per heavy atom. The lowest BCUT2D eigenvalue weighted by atomic mass is 10.1. The molecule has 22 heavy (non-hydrogen) atoms. The van der Waals surface area contributed by atoms with Crippen LogP contribution >= 0.6 is 0 Å². The first kappa shape index (κ1) is 22.9. The largest absolute Gasteiger partial charge is 0.493 e. The number of hydrogen-bond donors (Lipinski definition) is 0. The van der Waals surface area contributed by atoms with Crippen molar-refractivity contribution in [2.24, 2.45) is 5.92 Å². The van der Waals surface area contributed by atoms with Gasteiger partial charge in [0.15, 0.2) is 0 Å². The van der Waals surface area contributed by atoms with Crippen molar-refractivity contribution in [2.75, 3.05) is 20.8 Å². The highest BCUT2D eigenvalue weighted by molar-refractivity contribution is 5.52. The third-order valence-corrected chi connectivity index (χ3v) is 2.75. The molecule has 2 rings (SSSR count). The van der Waals surface area contributed by atoms with E-state index in [4.69, 9.17) is 4.74 Å². The minimum absolute atomic E-state index is 0.172. The van der Waals surface area contributed by atoms with E-state index >= 15 is 0 Å². The Hall–Kier alpha value is -1.42. The van der Waals surface area contributed by atoms with Crippen molar-refractivity contribution in [3.05, 3.63) is 29.6 Å². The molecule has 0 radical (unpaired) electrons. The fourth-order valence-corrected chi connectivity index (χ4v) is 1.43. The summed E-state index contributed by atoms with van der Waals surface area (Å²) < 4.78 is 22.2. The minimum atomic E-state index is -0.172. The van der Waals surface area contributed by atoms with E-state index in [1.807, 2.05) is 27.7 Å². The number of methoxy groups -OCH3 is 1. The summed E-state index contributed by atoms with van der Waals surface area (Å²) in [7, 11) is 3.25. The number of rotatable bonds is 2. The van der Waals surface area contributed by atoms with Gasteiger partial charge in [-0.15, -0.1) is 0 Å². The molecule has 128 valence electrons. The fourth-order valence-electron chi connectivity index (χ4n) is 1.43. The first-order valence-corrected chi connectivity index (χ1v) is 7.85. The van der Waals surface area contributed by atoms with Crippen molar-refractivity contribution in [1.82, 2.24) is 0 Å². The van der Waals surface area contributed by atoms with Gasteiger partial charge in [-0.1, -0.05) is 27.7 Å². The number of aldehydes is 1. The van der Waals surface area contributed by atoms with E-state index in [9.17, 15) is 9.18 Å². The standard InChI is InChI=1S/C9H9FO.C5H10O.C2H6O.C2H6/c10-8-3-4-9-7(6-8)2-1-5-11-9;1-3-5(2)4-6;1-3-2;1-2/h3-4,6H,1-2,5H2;4-5H,3H2,1-2H3;1-2H3;1-2H3. The van der Waals surface area contributed by atoms with Gasteiger partial charge in [0.2, 0.25) is 0 Å². The molecule has 0 bridgehead atoms. The number of fused-ring (bicyclic) bond motifs is 1. The highest BCUT2D eigenvalue weighted by atomic mass is 19.1. The molecule has 1 aromatic rings. The topological polar surface area (TPSA) is 35.5 Å². The van der Waals surface area contributed by atoms with Crippen LogP contribution in [0.5, 0.6) is 5.75 Å². The average molecular weight is 314 g/mol. The number of aryl methyl sites for hydroxylation is 1. The highest BCUT2D eigenvalue weighted by Gasteiger charge is 2.09. The maximum absolute atomic E-state index is 12.6. The van der Waals surface area contributed by atoms with Crippen LogP contribution in [0.15, 0.2) is 18.2 Å². The van der Waals surface area contributed by atoms with Gasteiger partial charge >= 0.3 is 0 Å². The number of hydrogen-bond acceptors (Lipinski definition) is 3. The van der Waals surface area contributed by atoms with Crippen LogP contribution in [0.25, 0.3) is 0 Å². The molecule has 1 unspecified atom stereocenters. The monoisotopic (exact) mass is 314 g/mol. The van der Waals surface area contributed by atoms with E-state index in [1.165, 1.54) is 6.07 Å². The predicted molar refractivity (Wildman–Crippen MR) is 90.0 cm³/mol. The van der Waals surface area contributed by atoms with Crippen LogP contribution in [0.4, 0.5) is 4.39 Å². The molecule has 0 aliphatic carbocycles. The number of halogens is 1. The Labute approximate surface area is 134 Å². The van der Waals surface area contributed by atoms with E-state index in [2.05, 4.69) is 4.74 Å². The Bertz CT molecular complexity index is 381. The first-order valence-electron chi connectivity index (χ1n) is 7.85. The van der Waals surface area contributed by atoms with Crippen LogP contribution in [0, 0.1) is 11.7 Å². The van der Waals surface area contributed by atoms with Crippen LogP contribution < -0.4 is 4.74 Å². The summed E-state index contributed by atoms with van der Waals surface area (Å²) in [6.45, 7) is 8.67. The number of benzene rings is 1. The van der Waals surface area contributed by atoms with Crippen molar-refractivity contribution in [3.8, 4) is 5.75 Å². The van der Waals surface area contributed by atoms with Gasteiger partial charge < -0.3 is 14.3 Å². The van der Waals surface area contributed by atoms with Gasteiger partial charge in [-0.3, -0.25) is 0 Å². The predicted octanol–water partition coefficient (Wildman–Crippen LogP) is 4.67. The van der Waals surface area contributed by atoms with Crippen molar-refractivity contribution < 1.29 is 18.7 Å². The van der Waals surface area contributed by atoms with Gasteiger partial charge in [-0.2, -0.15) is 0 Å². The number of carbonyl (C=O) groups excluding carboxylic acids is 1. The van der Waals surface area contributed by atoms with Crippen LogP contribution in [-0.4, -0.2) is 27.1 Å². The van der Waals surface area contributed by atoms with E-state index in [0.29, 0.717) is 0 Å². The van der Waals surface area contributed by atoms with Gasteiger partial charge in [-0.05, 0) is 43.0 Å². The summed E-state index contributed by atoms with van der Waals surface area (Å²) in [5.74, 6) is 0.928. The normalized spacial score (nSPS) is 12.5. The van der Waals surface area contributed by atoms with Gasteiger partial charge in [0.05, 0.1) is 6.61 Å². The van der Waals surface area contributed by atoms with Gasteiger partial charge in [0, 0.05) is 20.1 Å². The van der Waals surface area contributed by atoms with Crippen molar-refractivity contribution >= 4 is 6.29 Å². The van der Waals surface area contributed by atoms with Crippen LogP contribution in [0.1, 0.15) is 46.1 Å². The van der Waals surface area contributed by atoms with Crippen LogP contribution in [0.2, 0.25) is 0 Å². The molecule has 0 spiro atoms. The van der Waals surface area contributed by atoms with E-state index < -0.39 is 0 Å². The van der Waals surface area contributed by atoms with Crippen molar-refractivity contribution in [3.63, 3.8) is 0 Å². The Kier molecular flexibility index (Phi) is 16.6. The lowest BCUT2D eigenvalue weighted by molar-refractivity contribution is -0.110. The first-order chi connectivity index (χ1) is 10.6. The Morgan fingerprint density at radius 2 is 1.95 bits per heavy atom. The summed E-state index contributed by atoms with van der Waals surface area (Å²) in [4.78, 5) is 9.74. The minimum Gasteiger partial charge on any atom is -0.493 e. The second-order valence-corrected chi connectivity index (χ2v) is 4.63. The third kappa shape index (κ3) is 11.3. The van der Waals surface area contributed by atoms with E-state index in [-0.39, 0.29) is 11.7 Å². The van der Waals surface area contributed by atoms with Crippen LogP contribution in [0.3, 0.4) is 0 Å². The fraction of sp³-hybridized carbons (Fsp3) is 0.611. The molecular formula is C18H31FO3. The molecule has 1 atom stereocenters. The van der Waals surface area contributed by atoms with Crippen molar-refractivity contribution in [2.45, 2.75) is 47.0 Å². The molecule has 1 aliphatic heterocycles. The molecule has 3 nitrogen and oxygen atoms in total. The lowest BCUT2D eigenvalue weighted by Gasteiger charge is -2.16. The SMILES string of the molecule is CC.CCC(C)C=O.COC.Fc1ccc2c(c1)CCCO2. The van der Waals surface area contributed by atoms with Gasteiger partial charge in [0.25, 0.3) is 0 Å². The molecule has 1 heterocycles. The van der Waals surface area contributed by atoms with Crippen molar-refractivity contribution in [1.29, 1.82) is 0 Å². The molecule has 1 aliphatic rings. The zero-order valence-corrected chi connectivity index (χ0v) is 14.8. The summed E-state index contributed by atoms with van der Waals surface area (Å²) in [6, 6.07) is 4.68. The molecule has 0 fully saturated rings. The molecule has 0 saturated heterocycles.